The third kappa shape index (κ3) is 4.03. The van der Waals surface area contributed by atoms with Gasteiger partial charge < -0.3 is 15.2 Å². The summed E-state index contributed by atoms with van der Waals surface area (Å²) in [5.74, 6) is 0.416. The van der Waals surface area contributed by atoms with Crippen LogP contribution in [0.2, 0.25) is 0 Å². The van der Waals surface area contributed by atoms with Crippen LogP contribution in [0.4, 0.5) is 0 Å². The quantitative estimate of drug-likeness (QED) is 0.852. The summed E-state index contributed by atoms with van der Waals surface area (Å²) in [5, 5.41) is 0. The Labute approximate surface area is 121 Å². The van der Waals surface area contributed by atoms with Crippen molar-refractivity contribution in [1.29, 1.82) is 0 Å². The van der Waals surface area contributed by atoms with Gasteiger partial charge in [-0.25, -0.2) is 0 Å². The van der Waals surface area contributed by atoms with E-state index in [0.717, 1.165) is 25.7 Å². The van der Waals surface area contributed by atoms with Crippen LogP contribution in [0, 0.1) is 11.8 Å². The highest BCUT2D eigenvalue weighted by molar-refractivity contribution is 5.79. The summed E-state index contributed by atoms with van der Waals surface area (Å²) in [6.45, 7) is 5.69. The lowest BCUT2D eigenvalue weighted by molar-refractivity contribution is -0.140. The maximum absolute atomic E-state index is 10.8. The van der Waals surface area contributed by atoms with Gasteiger partial charge in [-0.3, -0.25) is 9.59 Å². The van der Waals surface area contributed by atoms with Crippen LogP contribution in [0.3, 0.4) is 0 Å². The van der Waals surface area contributed by atoms with Gasteiger partial charge in [0.05, 0.1) is 11.2 Å². The number of carbonyl (C=O) groups excluding carboxylic acids is 2. The SMILES string of the molecule is COC1(C)CC(C(C)=O)C1.COC1(C)CC(C(N)=O)C1. The van der Waals surface area contributed by atoms with Gasteiger partial charge in [-0.2, -0.15) is 0 Å². The highest BCUT2D eigenvalue weighted by atomic mass is 16.5. The van der Waals surface area contributed by atoms with Crippen LogP contribution in [0.15, 0.2) is 0 Å². The number of ether oxygens (including phenoxy) is 2. The van der Waals surface area contributed by atoms with Crippen molar-refractivity contribution in [2.75, 3.05) is 14.2 Å². The van der Waals surface area contributed by atoms with Crippen molar-refractivity contribution in [1.82, 2.24) is 0 Å². The number of methoxy groups -OCH3 is 2. The second kappa shape index (κ2) is 6.22. The van der Waals surface area contributed by atoms with E-state index in [-0.39, 0.29) is 28.9 Å². The van der Waals surface area contributed by atoms with Gasteiger partial charge in [0, 0.05) is 26.1 Å². The molecule has 2 aliphatic rings. The highest BCUT2D eigenvalue weighted by Crippen LogP contribution is 2.40. The molecule has 0 bridgehead atoms. The Hall–Kier alpha value is -0.940. The van der Waals surface area contributed by atoms with E-state index < -0.39 is 0 Å². The largest absolute Gasteiger partial charge is 0.378 e. The summed E-state index contributed by atoms with van der Waals surface area (Å²) in [7, 11) is 3.37. The number of ketones is 1. The highest BCUT2D eigenvalue weighted by Gasteiger charge is 2.43. The van der Waals surface area contributed by atoms with Gasteiger partial charge in [0.15, 0.2) is 0 Å². The summed E-state index contributed by atoms with van der Waals surface area (Å²) >= 11 is 0. The molecule has 116 valence electrons. The van der Waals surface area contributed by atoms with Crippen molar-refractivity contribution in [2.45, 2.75) is 57.7 Å². The molecule has 0 heterocycles. The number of rotatable bonds is 4. The predicted molar refractivity (Wildman–Crippen MR) is 76.2 cm³/mol. The third-order valence-electron chi connectivity index (χ3n) is 4.68. The van der Waals surface area contributed by atoms with Crippen LogP contribution in [-0.4, -0.2) is 37.1 Å². The molecule has 0 aromatic carbocycles. The molecule has 0 radical (unpaired) electrons. The second-order valence-corrected chi connectivity index (χ2v) is 6.53. The minimum atomic E-state index is -0.200. The van der Waals surface area contributed by atoms with Gasteiger partial charge in [-0.05, 0) is 46.5 Å². The van der Waals surface area contributed by atoms with Crippen LogP contribution in [0.1, 0.15) is 46.5 Å². The van der Waals surface area contributed by atoms with Crippen LogP contribution in [0.25, 0.3) is 0 Å². The lowest BCUT2D eigenvalue weighted by Gasteiger charge is -2.42. The third-order valence-corrected chi connectivity index (χ3v) is 4.68. The number of Topliss-reactive ketones (excluding diaryl/α,β-unsaturated/α-hetero) is 1. The van der Waals surface area contributed by atoms with E-state index in [0.29, 0.717) is 5.78 Å². The number of nitrogens with two attached hydrogens (primary N) is 1. The molecule has 1 amide bonds. The maximum atomic E-state index is 10.8. The summed E-state index contributed by atoms with van der Waals surface area (Å²) in [6, 6.07) is 0. The monoisotopic (exact) mass is 285 g/mol. The van der Waals surface area contributed by atoms with E-state index in [1.807, 2.05) is 13.8 Å². The molecule has 5 heteroatoms. The Morgan fingerprint density at radius 1 is 0.950 bits per heavy atom. The molecule has 2 rings (SSSR count). The van der Waals surface area contributed by atoms with E-state index in [9.17, 15) is 9.59 Å². The van der Waals surface area contributed by atoms with Crippen molar-refractivity contribution >= 4 is 11.7 Å². The molecular weight excluding hydrogens is 258 g/mol. The first-order valence-corrected chi connectivity index (χ1v) is 7.05. The Balaban J connectivity index is 0.000000200. The van der Waals surface area contributed by atoms with Gasteiger partial charge in [0.25, 0.3) is 0 Å². The molecule has 0 atom stereocenters. The topological polar surface area (TPSA) is 78.6 Å². The first-order chi connectivity index (χ1) is 9.14. The maximum Gasteiger partial charge on any atom is 0.220 e. The Kier molecular flexibility index (Phi) is 5.33. The van der Waals surface area contributed by atoms with Crippen molar-refractivity contribution in [2.24, 2.45) is 17.6 Å². The zero-order valence-electron chi connectivity index (χ0n) is 13.2. The first kappa shape index (κ1) is 17.1. The van der Waals surface area contributed by atoms with Crippen molar-refractivity contribution in [3.05, 3.63) is 0 Å². The molecule has 0 aromatic rings. The molecule has 2 fully saturated rings. The number of amides is 1. The van der Waals surface area contributed by atoms with Crippen LogP contribution < -0.4 is 5.73 Å². The fraction of sp³-hybridized carbons (Fsp3) is 0.867. The molecule has 0 spiro atoms. The fourth-order valence-corrected chi connectivity index (χ4v) is 2.79. The molecule has 2 saturated carbocycles. The standard InChI is InChI=1S/C8H14O2.C7H13NO2/c1-6(9)7-4-8(2,5-7)10-3;1-7(10-2)3-5(4-7)6(8)9/h7H,4-5H2,1-3H3;5H,3-4H2,1-2H3,(H2,8,9). The smallest absolute Gasteiger partial charge is 0.220 e. The Bertz CT molecular complexity index is 332. The van der Waals surface area contributed by atoms with Crippen molar-refractivity contribution < 1.29 is 19.1 Å². The van der Waals surface area contributed by atoms with E-state index in [1.54, 1.807) is 21.1 Å². The van der Waals surface area contributed by atoms with E-state index in [2.05, 4.69) is 0 Å². The molecule has 0 aliphatic heterocycles. The van der Waals surface area contributed by atoms with Crippen molar-refractivity contribution in [3.63, 3.8) is 0 Å². The Morgan fingerprint density at radius 2 is 1.30 bits per heavy atom. The second-order valence-electron chi connectivity index (χ2n) is 6.53. The van der Waals surface area contributed by atoms with Gasteiger partial charge in [0.1, 0.15) is 5.78 Å². The van der Waals surface area contributed by atoms with Gasteiger partial charge in [-0.1, -0.05) is 0 Å². The molecule has 2 N–H and O–H groups in total. The summed E-state index contributed by atoms with van der Waals surface area (Å²) in [6.07, 6.45) is 3.36. The lowest BCUT2D eigenvalue weighted by Crippen LogP contribution is -2.47. The first-order valence-electron chi connectivity index (χ1n) is 7.05. The van der Waals surface area contributed by atoms with E-state index in [1.165, 1.54) is 0 Å². The fourth-order valence-electron chi connectivity index (χ4n) is 2.79. The molecule has 0 unspecified atom stereocenters. The number of hydrogen-bond donors (Lipinski definition) is 1. The van der Waals surface area contributed by atoms with Crippen LogP contribution in [-0.2, 0) is 19.1 Å². The summed E-state index contributed by atoms with van der Waals surface area (Å²) in [5.41, 5.74) is 4.99. The van der Waals surface area contributed by atoms with E-state index >= 15 is 0 Å². The van der Waals surface area contributed by atoms with Crippen molar-refractivity contribution in [3.8, 4) is 0 Å². The normalized spacial score (nSPS) is 38.9. The lowest BCUT2D eigenvalue weighted by atomic mass is 9.70. The molecule has 0 saturated heterocycles. The zero-order chi connectivity index (χ0) is 15.6. The minimum Gasteiger partial charge on any atom is -0.378 e. The Morgan fingerprint density at radius 3 is 1.55 bits per heavy atom. The number of primary amides is 1. The molecule has 0 aromatic heterocycles. The summed E-state index contributed by atoms with van der Waals surface area (Å²) < 4.78 is 10.3. The van der Waals surface area contributed by atoms with Gasteiger partial charge >= 0.3 is 0 Å². The summed E-state index contributed by atoms with van der Waals surface area (Å²) in [4.78, 5) is 21.3. The molecule has 20 heavy (non-hydrogen) atoms. The number of hydrogen-bond acceptors (Lipinski definition) is 4. The minimum absolute atomic E-state index is 0.00363. The molecular formula is C15H27NO4. The average Bonchev–Trinajstić information content (AvgIpc) is 2.31. The molecule has 5 nitrogen and oxygen atoms in total. The van der Waals surface area contributed by atoms with Crippen LogP contribution >= 0.6 is 0 Å². The van der Waals surface area contributed by atoms with Crippen LogP contribution in [0.5, 0.6) is 0 Å². The average molecular weight is 285 g/mol. The van der Waals surface area contributed by atoms with Gasteiger partial charge in [0.2, 0.25) is 5.91 Å². The van der Waals surface area contributed by atoms with E-state index in [4.69, 9.17) is 15.2 Å². The predicted octanol–water partition coefficient (Wildman–Crippen LogP) is 1.68. The van der Waals surface area contributed by atoms with Gasteiger partial charge in [-0.15, -0.1) is 0 Å². The number of carbonyl (C=O) groups is 2. The zero-order valence-corrected chi connectivity index (χ0v) is 13.2. The molecule has 2 aliphatic carbocycles.